The first kappa shape index (κ1) is 20.7. The maximum absolute atomic E-state index is 13.4. The zero-order valence-electron chi connectivity index (χ0n) is 17.3. The molecule has 0 aliphatic carbocycles. The van der Waals surface area contributed by atoms with E-state index in [-0.39, 0.29) is 11.8 Å². The van der Waals surface area contributed by atoms with Crippen molar-refractivity contribution in [1.82, 2.24) is 9.80 Å². The van der Waals surface area contributed by atoms with Crippen LogP contribution >= 0.6 is 11.6 Å². The number of piperazine rings is 1. The Labute approximate surface area is 182 Å². The van der Waals surface area contributed by atoms with Crippen molar-refractivity contribution in [2.75, 3.05) is 37.6 Å². The second kappa shape index (κ2) is 8.28. The van der Waals surface area contributed by atoms with Gasteiger partial charge < -0.3 is 14.5 Å². The van der Waals surface area contributed by atoms with Crippen LogP contribution in [0.4, 0.5) is 5.69 Å². The van der Waals surface area contributed by atoms with E-state index in [0.717, 1.165) is 24.7 Å². The molecule has 1 unspecified atom stereocenters. The molecule has 2 amide bonds. The van der Waals surface area contributed by atoms with Gasteiger partial charge in [-0.1, -0.05) is 35.9 Å². The molecule has 0 spiro atoms. The Morgan fingerprint density at radius 2 is 1.73 bits per heavy atom. The molecule has 2 aromatic rings. The third-order valence-corrected chi connectivity index (χ3v) is 6.08. The van der Waals surface area contributed by atoms with Crippen molar-refractivity contribution in [1.29, 1.82) is 0 Å². The fraction of sp³-hybridized carbons (Fsp3) is 0.391. The van der Waals surface area contributed by atoms with Crippen molar-refractivity contribution < 1.29 is 14.3 Å². The fourth-order valence-electron chi connectivity index (χ4n) is 4.10. The molecule has 7 heteroatoms. The lowest BCUT2D eigenvalue weighted by atomic mass is 9.98. The van der Waals surface area contributed by atoms with Crippen LogP contribution in [0.5, 0.6) is 5.75 Å². The van der Waals surface area contributed by atoms with Gasteiger partial charge >= 0.3 is 0 Å². The molecule has 30 heavy (non-hydrogen) atoms. The molecule has 0 aromatic heterocycles. The van der Waals surface area contributed by atoms with Gasteiger partial charge in [0.2, 0.25) is 0 Å². The minimum atomic E-state index is -1.54. The second-order valence-corrected chi connectivity index (χ2v) is 8.28. The molecule has 0 radical (unpaired) electrons. The Morgan fingerprint density at radius 1 is 1.07 bits per heavy atom. The highest BCUT2D eigenvalue weighted by Gasteiger charge is 2.52. The van der Waals surface area contributed by atoms with Crippen LogP contribution in [-0.4, -0.2) is 59.9 Å². The maximum Gasteiger partial charge on any atom is 0.280 e. The lowest BCUT2D eigenvalue weighted by molar-refractivity contribution is -0.157. The van der Waals surface area contributed by atoms with Crippen molar-refractivity contribution in [3.05, 3.63) is 59.1 Å². The van der Waals surface area contributed by atoms with Gasteiger partial charge in [0.05, 0.1) is 5.69 Å². The molecule has 0 N–H and O–H groups in total. The summed E-state index contributed by atoms with van der Waals surface area (Å²) in [6.07, 6.45) is 0. The molecule has 1 fully saturated rings. The molecule has 158 valence electrons. The number of nitrogens with zero attached hydrogens (tertiary/aromatic N) is 3. The summed E-state index contributed by atoms with van der Waals surface area (Å²) in [5.41, 5.74) is 0.359. The number of fused-ring (bicyclic) bond motifs is 1. The smallest absolute Gasteiger partial charge is 0.280 e. The zero-order chi connectivity index (χ0) is 21.3. The SMILES string of the molecule is CCN1C(=O)C(C)(C(=O)N2CCN(Cc3ccc(Cl)cc3)CC2)Oc2ccccc21. The number of anilines is 1. The largest absolute Gasteiger partial charge is 0.465 e. The van der Waals surface area contributed by atoms with E-state index < -0.39 is 5.60 Å². The van der Waals surface area contributed by atoms with Gasteiger partial charge in [-0.2, -0.15) is 0 Å². The number of hydrogen-bond acceptors (Lipinski definition) is 4. The van der Waals surface area contributed by atoms with Crippen LogP contribution in [0.2, 0.25) is 5.02 Å². The maximum atomic E-state index is 13.4. The van der Waals surface area contributed by atoms with Gasteiger partial charge in [-0.05, 0) is 43.7 Å². The van der Waals surface area contributed by atoms with E-state index in [4.69, 9.17) is 16.3 Å². The van der Waals surface area contributed by atoms with Crippen LogP contribution < -0.4 is 9.64 Å². The minimum absolute atomic E-state index is 0.272. The first-order chi connectivity index (χ1) is 14.4. The molecule has 0 saturated carbocycles. The van der Waals surface area contributed by atoms with Crippen molar-refractivity contribution in [2.45, 2.75) is 26.0 Å². The molecule has 6 nitrogen and oxygen atoms in total. The molecule has 2 aliphatic heterocycles. The monoisotopic (exact) mass is 427 g/mol. The molecular weight excluding hydrogens is 402 g/mol. The molecule has 1 atom stereocenters. The summed E-state index contributed by atoms with van der Waals surface area (Å²) >= 11 is 5.96. The third kappa shape index (κ3) is 3.77. The summed E-state index contributed by atoms with van der Waals surface area (Å²) in [6.45, 7) is 7.40. The number of amides is 2. The molecule has 0 bridgehead atoms. The molecule has 2 aromatic carbocycles. The first-order valence-electron chi connectivity index (χ1n) is 10.3. The topological polar surface area (TPSA) is 53.1 Å². The predicted octanol–water partition coefficient (Wildman–Crippen LogP) is 3.19. The number of rotatable bonds is 4. The van der Waals surface area contributed by atoms with Crippen LogP contribution in [0, 0.1) is 0 Å². The summed E-state index contributed by atoms with van der Waals surface area (Å²) in [7, 11) is 0. The molecular formula is C23H26ClN3O3. The van der Waals surface area contributed by atoms with Crippen LogP contribution in [0.3, 0.4) is 0 Å². The highest BCUT2D eigenvalue weighted by molar-refractivity contribution is 6.30. The summed E-state index contributed by atoms with van der Waals surface area (Å²) < 4.78 is 6.00. The van der Waals surface area contributed by atoms with Gasteiger partial charge in [-0.3, -0.25) is 14.5 Å². The highest BCUT2D eigenvalue weighted by atomic mass is 35.5. The van der Waals surface area contributed by atoms with Crippen molar-refractivity contribution in [3.8, 4) is 5.75 Å². The number of para-hydroxylation sites is 2. The number of ether oxygens (including phenoxy) is 1. The van der Waals surface area contributed by atoms with E-state index in [9.17, 15) is 9.59 Å². The predicted molar refractivity (Wildman–Crippen MR) is 117 cm³/mol. The van der Waals surface area contributed by atoms with Crippen LogP contribution in [-0.2, 0) is 16.1 Å². The summed E-state index contributed by atoms with van der Waals surface area (Å²) in [4.78, 5) is 32.2. The Bertz CT molecular complexity index is 941. The van der Waals surface area contributed by atoms with E-state index >= 15 is 0 Å². The first-order valence-corrected chi connectivity index (χ1v) is 10.7. The van der Waals surface area contributed by atoms with E-state index in [1.807, 2.05) is 49.4 Å². The normalized spacial score (nSPS) is 21.9. The summed E-state index contributed by atoms with van der Waals surface area (Å²) in [5.74, 6) is -0.0138. The standard InChI is InChI=1S/C23H26ClN3O3/c1-3-27-19-6-4-5-7-20(19)30-23(2,22(27)29)21(28)26-14-12-25(13-15-26)16-17-8-10-18(24)11-9-17/h4-11H,3,12-16H2,1-2H3. The fourth-order valence-corrected chi connectivity index (χ4v) is 4.23. The summed E-state index contributed by atoms with van der Waals surface area (Å²) in [5, 5.41) is 0.724. The van der Waals surface area contributed by atoms with Crippen molar-refractivity contribution >= 4 is 29.1 Å². The summed E-state index contributed by atoms with van der Waals surface area (Å²) in [6, 6.07) is 15.2. The second-order valence-electron chi connectivity index (χ2n) is 7.85. The Kier molecular flexibility index (Phi) is 5.71. The highest BCUT2D eigenvalue weighted by Crippen LogP contribution is 2.38. The number of benzene rings is 2. The number of carbonyl (C=O) groups is 2. The minimum Gasteiger partial charge on any atom is -0.465 e. The Balaban J connectivity index is 1.44. The van der Waals surface area contributed by atoms with Crippen molar-refractivity contribution in [2.24, 2.45) is 0 Å². The average molecular weight is 428 g/mol. The molecule has 2 heterocycles. The van der Waals surface area contributed by atoms with Crippen molar-refractivity contribution in [3.63, 3.8) is 0 Å². The van der Waals surface area contributed by atoms with Gasteiger partial charge in [-0.25, -0.2) is 0 Å². The Hall–Kier alpha value is -2.57. The lowest BCUT2D eigenvalue weighted by Gasteiger charge is -2.43. The van der Waals surface area contributed by atoms with Crippen LogP contribution in [0.1, 0.15) is 19.4 Å². The van der Waals surface area contributed by atoms with Gasteiger partial charge in [0, 0.05) is 44.3 Å². The molecule has 2 aliphatic rings. The van der Waals surface area contributed by atoms with Crippen LogP contribution in [0.25, 0.3) is 0 Å². The molecule has 1 saturated heterocycles. The van der Waals surface area contributed by atoms with Crippen LogP contribution in [0.15, 0.2) is 48.5 Å². The van der Waals surface area contributed by atoms with E-state index in [1.165, 1.54) is 5.56 Å². The number of halogens is 1. The van der Waals surface area contributed by atoms with E-state index in [1.54, 1.807) is 22.8 Å². The van der Waals surface area contributed by atoms with Gasteiger partial charge in [0.25, 0.3) is 17.4 Å². The quantitative estimate of drug-likeness (QED) is 0.703. The van der Waals surface area contributed by atoms with Gasteiger partial charge in [0.1, 0.15) is 5.75 Å². The van der Waals surface area contributed by atoms with Gasteiger partial charge in [0.15, 0.2) is 0 Å². The average Bonchev–Trinajstić information content (AvgIpc) is 2.76. The number of likely N-dealkylation sites (N-methyl/N-ethyl adjacent to an activating group) is 1. The number of carbonyl (C=O) groups excluding carboxylic acids is 2. The Morgan fingerprint density at radius 3 is 2.40 bits per heavy atom. The van der Waals surface area contributed by atoms with E-state index in [0.29, 0.717) is 31.1 Å². The zero-order valence-corrected chi connectivity index (χ0v) is 18.1. The third-order valence-electron chi connectivity index (χ3n) is 5.83. The molecule has 4 rings (SSSR count). The van der Waals surface area contributed by atoms with Gasteiger partial charge in [-0.15, -0.1) is 0 Å². The number of hydrogen-bond donors (Lipinski definition) is 0. The lowest BCUT2D eigenvalue weighted by Crippen LogP contribution is -2.64. The van der Waals surface area contributed by atoms with E-state index in [2.05, 4.69) is 4.90 Å².